The largest absolute Gasteiger partial charge is 0.489 e. The molecule has 0 radical (unpaired) electrons. The Bertz CT molecular complexity index is 939. The van der Waals surface area contributed by atoms with Gasteiger partial charge in [0.05, 0.1) is 12.2 Å². The first-order valence-electron chi connectivity index (χ1n) is 9.26. The molecule has 3 aromatic carbocycles. The fraction of sp³-hybridized carbons (Fsp3) is 0.130. The normalized spacial score (nSPS) is 10.1. The SMILES string of the molecule is CCOC(=O)c1ccc(NC(=O)Nc2ccc(OCc3ccccc3)cc2)cc1. The number of amides is 2. The Labute approximate surface area is 169 Å². The van der Waals surface area contributed by atoms with E-state index in [0.717, 1.165) is 11.3 Å². The topological polar surface area (TPSA) is 76.7 Å². The number of esters is 1. The van der Waals surface area contributed by atoms with Crippen molar-refractivity contribution in [2.24, 2.45) is 0 Å². The van der Waals surface area contributed by atoms with Crippen molar-refractivity contribution in [3.63, 3.8) is 0 Å². The smallest absolute Gasteiger partial charge is 0.338 e. The highest BCUT2D eigenvalue weighted by Crippen LogP contribution is 2.18. The van der Waals surface area contributed by atoms with Crippen LogP contribution in [0, 0.1) is 0 Å². The highest BCUT2D eigenvalue weighted by Gasteiger charge is 2.07. The van der Waals surface area contributed by atoms with Gasteiger partial charge in [-0.2, -0.15) is 0 Å². The summed E-state index contributed by atoms with van der Waals surface area (Å²) >= 11 is 0. The molecular weight excluding hydrogens is 368 g/mol. The van der Waals surface area contributed by atoms with Crippen LogP contribution < -0.4 is 15.4 Å². The number of anilines is 2. The molecule has 3 aromatic rings. The minimum absolute atomic E-state index is 0.317. The minimum atomic E-state index is -0.391. The van der Waals surface area contributed by atoms with Gasteiger partial charge in [0.2, 0.25) is 0 Å². The van der Waals surface area contributed by atoms with Gasteiger partial charge in [0, 0.05) is 11.4 Å². The maximum absolute atomic E-state index is 12.2. The van der Waals surface area contributed by atoms with E-state index in [1.165, 1.54) is 0 Å². The van der Waals surface area contributed by atoms with Gasteiger partial charge >= 0.3 is 12.0 Å². The Balaban J connectivity index is 1.49. The molecule has 0 aliphatic carbocycles. The second-order valence-electron chi connectivity index (χ2n) is 6.18. The summed E-state index contributed by atoms with van der Waals surface area (Å²) in [5.41, 5.74) is 2.73. The van der Waals surface area contributed by atoms with E-state index in [4.69, 9.17) is 9.47 Å². The van der Waals surface area contributed by atoms with Gasteiger partial charge in [0.15, 0.2) is 0 Å². The van der Waals surface area contributed by atoms with Crippen molar-refractivity contribution in [2.45, 2.75) is 13.5 Å². The summed E-state index contributed by atoms with van der Waals surface area (Å²) in [7, 11) is 0. The molecule has 0 aliphatic rings. The fourth-order valence-electron chi connectivity index (χ4n) is 2.57. The van der Waals surface area contributed by atoms with Crippen LogP contribution in [0.15, 0.2) is 78.9 Å². The number of rotatable bonds is 7. The standard InChI is InChI=1S/C23H22N2O4/c1-2-28-22(26)18-8-10-19(11-9-18)24-23(27)25-20-12-14-21(15-13-20)29-16-17-6-4-3-5-7-17/h3-15H,2,16H2,1H3,(H2,24,25,27). The summed E-state index contributed by atoms with van der Waals surface area (Å²) in [4.78, 5) is 23.8. The summed E-state index contributed by atoms with van der Waals surface area (Å²) in [6, 6.07) is 23.1. The molecule has 2 N–H and O–H groups in total. The second kappa shape index (κ2) is 9.94. The molecule has 29 heavy (non-hydrogen) atoms. The van der Waals surface area contributed by atoms with Crippen molar-refractivity contribution in [3.8, 4) is 5.75 Å². The zero-order chi connectivity index (χ0) is 20.5. The number of benzene rings is 3. The monoisotopic (exact) mass is 390 g/mol. The lowest BCUT2D eigenvalue weighted by molar-refractivity contribution is 0.0526. The maximum atomic E-state index is 12.2. The molecule has 6 nitrogen and oxygen atoms in total. The first kappa shape index (κ1) is 19.9. The molecule has 0 aromatic heterocycles. The number of carbonyl (C=O) groups excluding carboxylic acids is 2. The number of ether oxygens (including phenoxy) is 2. The molecule has 0 unspecified atom stereocenters. The number of hydrogen-bond acceptors (Lipinski definition) is 4. The zero-order valence-corrected chi connectivity index (χ0v) is 16.1. The molecular formula is C23H22N2O4. The van der Waals surface area contributed by atoms with Crippen LogP contribution in [0.4, 0.5) is 16.2 Å². The molecule has 0 aliphatic heterocycles. The summed E-state index contributed by atoms with van der Waals surface area (Å²) in [5, 5.41) is 5.47. The molecule has 0 spiro atoms. The first-order chi connectivity index (χ1) is 14.1. The van der Waals surface area contributed by atoms with Crippen LogP contribution in [0.3, 0.4) is 0 Å². The summed E-state index contributed by atoms with van der Waals surface area (Å²) in [6.07, 6.45) is 0. The maximum Gasteiger partial charge on any atom is 0.338 e. The molecule has 6 heteroatoms. The quantitative estimate of drug-likeness (QED) is 0.551. The van der Waals surface area contributed by atoms with Crippen molar-refractivity contribution < 1.29 is 19.1 Å². The number of hydrogen-bond donors (Lipinski definition) is 2. The molecule has 0 bridgehead atoms. The molecule has 2 amide bonds. The van der Waals surface area contributed by atoms with Gasteiger partial charge in [-0.15, -0.1) is 0 Å². The van der Waals surface area contributed by atoms with E-state index in [1.54, 1.807) is 55.5 Å². The first-order valence-corrected chi connectivity index (χ1v) is 9.26. The van der Waals surface area contributed by atoms with E-state index in [1.807, 2.05) is 30.3 Å². The van der Waals surface area contributed by atoms with E-state index in [2.05, 4.69) is 10.6 Å². The van der Waals surface area contributed by atoms with Crippen molar-refractivity contribution in [3.05, 3.63) is 90.0 Å². The average molecular weight is 390 g/mol. The lowest BCUT2D eigenvalue weighted by atomic mass is 10.2. The Kier molecular flexibility index (Phi) is 6.84. The lowest BCUT2D eigenvalue weighted by Gasteiger charge is -2.10. The number of carbonyl (C=O) groups is 2. The van der Waals surface area contributed by atoms with Gasteiger partial charge in [-0.25, -0.2) is 9.59 Å². The number of nitrogens with one attached hydrogen (secondary N) is 2. The fourth-order valence-corrected chi connectivity index (χ4v) is 2.57. The average Bonchev–Trinajstić information content (AvgIpc) is 2.74. The van der Waals surface area contributed by atoms with E-state index in [0.29, 0.717) is 30.2 Å². The van der Waals surface area contributed by atoms with Gasteiger partial charge in [0.25, 0.3) is 0 Å². The van der Waals surface area contributed by atoms with Gasteiger partial charge in [-0.1, -0.05) is 30.3 Å². The second-order valence-corrected chi connectivity index (χ2v) is 6.18. The Morgan fingerprint density at radius 3 is 1.97 bits per heavy atom. The van der Waals surface area contributed by atoms with Crippen LogP contribution in [0.1, 0.15) is 22.8 Å². The third-order valence-electron chi connectivity index (χ3n) is 4.01. The van der Waals surface area contributed by atoms with Crippen molar-refractivity contribution in [1.82, 2.24) is 0 Å². The van der Waals surface area contributed by atoms with E-state index in [9.17, 15) is 9.59 Å². The van der Waals surface area contributed by atoms with Gasteiger partial charge in [-0.3, -0.25) is 0 Å². The Morgan fingerprint density at radius 2 is 1.38 bits per heavy atom. The van der Waals surface area contributed by atoms with Crippen LogP contribution in [0.5, 0.6) is 5.75 Å². The molecule has 0 fully saturated rings. The lowest BCUT2D eigenvalue weighted by Crippen LogP contribution is -2.19. The minimum Gasteiger partial charge on any atom is -0.489 e. The molecule has 0 atom stereocenters. The van der Waals surface area contributed by atoms with Gasteiger partial charge in [0.1, 0.15) is 12.4 Å². The van der Waals surface area contributed by atoms with Gasteiger partial charge < -0.3 is 20.1 Å². The molecule has 0 heterocycles. The summed E-state index contributed by atoms with van der Waals surface area (Å²) < 4.78 is 10.7. The van der Waals surface area contributed by atoms with E-state index < -0.39 is 5.97 Å². The number of urea groups is 1. The predicted octanol–water partition coefficient (Wildman–Crippen LogP) is 5.09. The van der Waals surface area contributed by atoms with Crippen molar-refractivity contribution in [2.75, 3.05) is 17.2 Å². The van der Waals surface area contributed by atoms with Crippen LogP contribution in [-0.2, 0) is 11.3 Å². The highest BCUT2D eigenvalue weighted by atomic mass is 16.5. The third kappa shape index (κ3) is 6.10. The van der Waals surface area contributed by atoms with Crippen molar-refractivity contribution >= 4 is 23.4 Å². The Hall–Kier alpha value is -3.80. The van der Waals surface area contributed by atoms with Crippen molar-refractivity contribution in [1.29, 1.82) is 0 Å². The van der Waals surface area contributed by atoms with Crippen LogP contribution in [0.2, 0.25) is 0 Å². The zero-order valence-electron chi connectivity index (χ0n) is 16.1. The molecule has 0 saturated carbocycles. The molecule has 3 rings (SSSR count). The van der Waals surface area contributed by atoms with Gasteiger partial charge in [-0.05, 0) is 61.0 Å². The van der Waals surface area contributed by atoms with E-state index in [-0.39, 0.29) is 6.03 Å². The molecule has 148 valence electrons. The van der Waals surface area contributed by atoms with Crippen LogP contribution in [0.25, 0.3) is 0 Å². The molecule has 0 saturated heterocycles. The van der Waals surface area contributed by atoms with Crippen LogP contribution in [-0.4, -0.2) is 18.6 Å². The summed E-state index contributed by atoms with van der Waals surface area (Å²) in [6.45, 7) is 2.55. The Morgan fingerprint density at radius 1 is 0.793 bits per heavy atom. The summed E-state index contributed by atoms with van der Waals surface area (Å²) in [5.74, 6) is 0.326. The van der Waals surface area contributed by atoms with Crippen LogP contribution >= 0.6 is 0 Å². The third-order valence-corrected chi connectivity index (χ3v) is 4.01. The highest BCUT2D eigenvalue weighted by molar-refractivity contribution is 6.00. The predicted molar refractivity (Wildman–Crippen MR) is 112 cm³/mol. The van der Waals surface area contributed by atoms with E-state index >= 15 is 0 Å².